The first-order valence-corrected chi connectivity index (χ1v) is 8.19. The van der Waals surface area contributed by atoms with Crippen LogP contribution in [0.25, 0.3) is 0 Å². The zero-order valence-electron chi connectivity index (χ0n) is 13.6. The van der Waals surface area contributed by atoms with Gasteiger partial charge in [0.2, 0.25) is 5.91 Å². The van der Waals surface area contributed by atoms with Gasteiger partial charge in [-0.25, -0.2) is 0 Å². The van der Waals surface area contributed by atoms with E-state index in [2.05, 4.69) is 0 Å². The average molecular weight is 356 g/mol. The summed E-state index contributed by atoms with van der Waals surface area (Å²) >= 11 is 0. The summed E-state index contributed by atoms with van der Waals surface area (Å²) in [6.45, 7) is 2.66. The average Bonchev–Trinajstić information content (AvgIpc) is 3.14. The summed E-state index contributed by atoms with van der Waals surface area (Å²) in [5.41, 5.74) is -0.560. The van der Waals surface area contributed by atoms with Crippen LogP contribution in [-0.2, 0) is 15.7 Å². The number of piperazine rings is 1. The topological polar surface area (TPSA) is 49.9 Å². The molecule has 2 amide bonds. The van der Waals surface area contributed by atoms with Gasteiger partial charge in [0, 0.05) is 38.3 Å². The first-order valence-electron chi connectivity index (χ1n) is 8.19. The molecular formula is C17H19F3N2O3. The Labute approximate surface area is 143 Å². The Balaban J connectivity index is 1.57. The van der Waals surface area contributed by atoms with Gasteiger partial charge >= 0.3 is 6.18 Å². The van der Waals surface area contributed by atoms with Gasteiger partial charge in [-0.1, -0.05) is 0 Å². The molecular weight excluding hydrogens is 337 g/mol. The van der Waals surface area contributed by atoms with E-state index in [1.54, 1.807) is 9.80 Å². The van der Waals surface area contributed by atoms with E-state index in [0.29, 0.717) is 39.4 Å². The van der Waals surface area contributed by atoms with Crippen LogP contribution in [0.1, 0.15) is 22.3 Å². The first-order chi connectivity index (χ1) is 11.9. The smallest absolute Gasteiger partial charge is 0.381 e. The largest absolute Gasteiger partial charge is 0.416 e. The van der Waals surface area contributed by atoms with Crippen molar-refractivity contribution in [3.63, 3.8) is 0 Å². The van der Waals surface area contributed by atoms with Gasteiger partial charge < -0.3 is 14.5 Å². The number of halogens is 3. The molecule has 2 aliphatic heterocycles. The normalized spacial score (nSPS) is 21.5. The Bertz CT molecular complexity index is 632. The number of amides is 2. The molecule has 2 saturated heterocycles. The maximum absolute atomic E-state index is 12.6. The van der Waals surface area contributed by atoms with Crippen molar-refractivity contribution in [2.45, 2.75) is 12.6 Å². The summed E-state index contributed by atoms with van der Waals surface area (Å²) in [6, 6.07) is 4.21. The van der Waals surface area contributed by atoms with Gasteiger partial charge in [-0.05, 0) is 30.7 Å². The van der Waals surface area contributed by atoms with E-state index in [1.807, 2.05) is 0 Å². The minimum Gasteiger partial charge on any atom is -0.381 e. The molecule has 3 rings (SSSR count). The highest BCUT2D eigenvalue weighted by molar-refractivity contribution is 5.94. The van der Waals surface area contributed by atoms with Crippen LogP contribution >= 0.6 is 0 Å². The Morgan fingerprint density at radius 2 is 1.60 bits per heavy atom. The Hall–Kier alpha value is -2.09. The molecule has 0 N–H and O–H groups in total. The summed E-state index contributed by atoms with van der Waals surface area (Å²) < 4.78 is 43.0. The predicted molar refractivity (Wildman–Crippen MR) is 82.9 cm³/mol. The summed E-state index contributed by atoms with van der Waals surface area (Å²) in [5.74, 6) is -0.360. The highest BCUT2D eigenvalue weighted by atomic mass is 19.4. The van der Waals surface area contributed by atoms with Crippen molar-refractivity contribution in [2.75, 3.05) is 39.4 Å². The van der Waals surface area contributed by atoms with Crippen molar-refractivity contribution in [1.82, 2.24) is 9.80 Å². The molecule has 5 nitrogen and oxygen atoms in total. The van der Waals surface area contributed by atoms with E-state index in [-0.39, 0.29) is 23.3 Å². The molecule has 0 saturated carbocycles. The summed E-state index contributed by atoms with van der Waals surface area (Å²) in [4.78, 5) is 28.0. The molecule has 0 bridgehead atoms. The molecule has 8 heteroatoms. The zero-order valence-corrected chi connectivity index (χ0v) is 13.6. The molecule has 2 fully saturated rings. The lowest BCUT2D eigenvalue weighted by Crippen LogP contribution is -2.52. The van der Waals surface area contributed by atoms with Crippen molar-refractivity contribution in [3.8, 4) is 0 Å². The first kappa shape index (κ1) is 17.7. The molecule has 0 aromatic heterocycles. The van der Waals surface area contributed by atoms with Crippen LogP contribution in [0.15, 0.2) is 24.3 Å². The Morgan fingerprint density at radius 1 is 1.00 bits per heavy atom. The summed E-state index contributed by atoms with van der Waals surface area (Å²) in [6.07, 6.45) is -3.69. The molecule has 2 heterocycles. The quantitative estimate of drug-likeness (QED) is 0.815. The third kappa shape index (κ3) is 3.95. The lowest BCUT2D eigenvalue weighted by molar-refractivity contribution is -0.138. The number of carbonyl (C=O) groups is 2. The van der Waals surface area contributed by atoms with Gasteiger partial charge in [-0.15, -0.1) is 0 Å². The fraction of sp³-hybridized carbons (Fsp3) is 0.529. The number of nitrogens with zero attached hydrogens (tertiary/aromatic N) is 2. The maximum atomic E-state index is 12.6. The van der Waals surface area contributed by atoms with E-state index in [9.17, 15) is 22.8 Å². The van der Waals surface area contributed by atoms with E-state index in [0.717, 1.165) is 18.6 Å². The lowest BCUT2D eigenvalue weighted by Gasteiger charge is -2.35. The predicted octanol–water partition coefficient (Wildman–Crippen LogP) is 2.03. The van der Waals surface area contributed by atoms with Crippen LogP contribution in [-0.4, -0.2) is 61.0 Å². The summed E-state index contributed by atoms with van der Waals surface area (Å²) in [7, 11) is 0. The van der Waals surface area contributed by atoms with Crippen molar-refractivity contribution in [3.05, 3.63) is 35.4 Å². The van der Waals surface area contributed by atoms with Gasteiger partial charge in [0.1, 0.15) is 0 Å². The summed E-state index contributed by atoms with van der Waals surface area (Å²) in [5, 5.41) is 0. The highest BCUT2D eigenvalue weighted by Crippen LogP contribution is 2.29. The van der Waals surface area contributed by atoms with Crippen LogP contribution in [0.3, 0.4) is 0 Å². The molecule has 0 aliphatic carbocycles. The Morgan fingerprint density at radius 3 is 2.12 bits per heavy atom. The number of alkyl halides is 3. The molecule has 136 valence electrons. The number of hydrogen-bond donors (Lipinski definition) is 0. The highest BCUT2D eigenvalue weighted by Gasteiger charge is 2.32. The minimum atomic E-state index is -4.42. The van der Waals surface area contributed by atoms with Crippen LogP contribution in [0.4, 0.5) is 13.2 Å². The number of benzene rings is 1. The van der Waals surface area contributed by atoms with Crippen molar-refractivity contribution < 1.29 is 27.5 Å². The molecule has 1 aromatic carbocycles. The minimum absolute atomic E-state index is 0.0547. The standard InChI is InChI=1S/C17H19F3N2O3/c18-17(19,20)14-3-1-12(2-4-14)15(23)21-6-8-22(9-7-21)16(24)13-5-10-25-11-13/h1-4,13H,5-11H2. The van der Waals surface area contributed by atoms with Crippen LogP contribution in [0.5, 0.6) is 0 Å². The fourth-order valence-electron chi connectivity index (χ4n) is 3.10. The van der Waals surface area contributed by atoms with E-state index in [4.69, 9.17) is 4.74 Å². The van der Waals surface area contributed by atoms with Gasteiger partial charge in [-0.3, -0.25) is 9.59 Å². The number of ether oxygens (including phenoxy) is 1. The van der Waals surface area contributed by atoms with Crippen LogP contribution in [0, 0.1) is 5.92 Å². The fourth-order valence-corrected chi connectivity index (χ4v) is 3.10. The van der Waals surface area contributed by atoms with Crippen LogP contribution < -0.4 is 0 Å². The van der Waals surface area contributed by atoms with E-state index >= 15 is 0 Å². The lowest BCUT2D eigenvalue weighted by atomic mass is 10.1. The van der Waals surface area contributed by atoms with Gasteiger partial charge in [-0.2, -0.15) is 13.2 Å². The second-order valence-corrected chi connectivity index (χ2v) is 6.25. The molecule has 25 heavy (non-hydrogen) atoms. The van der Waals surface area contributed by atoms with Crippen LogP contribution in [0.2, 0.25) is 0 Å². The van der Waals surface area contributed by atoms with Crippen molar-refractivity contribution in [1.29, 1.82) is 0 Å². The maximum Gasteiger partial charge on any atom is 0.416 e. The van der Waals surface area contributed by atoms with Gasteiger partial charge in [0.25, 0.3) is 5.91 Å². The molecule has 2 aliphatic rings. The van der Waals surface area contributed by atoms with E-state index in [1.165, 1.54) is 12.1 Å². The molecule has 0 spiro atoms. The second kappa shape index (κ2) is 7.03. The zero-order chi connectivity index (χ0) is 18.0. The van der Waals surface area contributed by atoms with Crippen molar-refractivity contribution >= 4 is 11.8 Å². The molecule has 1 atom stereocenters. The number of rotatable bonds is 2. The second-order valence-electron chi connectivity index (χ2n) is 6.25. The molecule has 1 aromatic rings. The number of carbonyl (C=O) groups excluding carboxylic acids is 2. The Kier molecular flexibility index (Phi) is 4.99. The van der Waals surface area contributed by atoms with Gasteiger partial charge in [0.15, 0.2) is 0 Å². The monoisotopic (exact) mass is 356 g/mol. The van der Waals surface area contributed by atoms with Crippen molar-refractivity contribution in [2.24, 2.45) is 5.92 Å². The van der Waals surface area contributed by atoms with E-state index < -0.39 is 11.7 Å². The number of hydrogen-bond acceptors (Lipinski definition) is 3. The third-order valence-electron chi connectivity index (χ3n) is 4.62. The molecule has 1 unspecified atom stereocenters. The SMILES string of the molecule is O=C(c1ccc(C(F)(F)F)cc1)N1CCN(C(=O)C2CCOC2)CC1. The van der Waals surface area contributed by atoms with Gasteiger partial charge in [0.05, 0.1) is 18.1 Å². The molecule has 0 radical (unpaired) electrons. The third-order valence-corrected chi connectivity index (χ3v) is 4.62.